The van der Waals surface area contributed by atoms with Crippen molar-refractivity contribution >= 4 is 34.7 Å². The lowest BCUT2D eigenvalue weighted by Crippen LogP contribution is -2.36. The highest BCUT2D eigenvalue weighted by molar-refractivity contribution is 7.85. The Kier molecular flexibility index (Phi) is 5.07. The summed E-state index contributed by atoms with van der Waals surface area (Å²) in [4.78, 5) is 13.9. The molecule has 1 atom stereocenters. The minimum absolute atomic E-state index is 0.101. The lowest BCUT2D eigenvalue weighted by atomic mass is 9.94. The first-order valence-electron chi connectivity index (χ1n) is 7.27. The van der Waals surface area contributed by atoms with Crippen molar-refractivity contribution in [3.05, 3.63) is 33.8 Å². The topological polar surface area (TPSA) is 49.7 Å². The Hall–Kier alpha value is -1.20. The van der Waals surface area contributed by atoms with Crippen LogP contribution in [0.15, 0.2) is 16.5 Å². The number of rotatable bonds is 3. The van der Waals surface area contributed by atoms with Crippen molar-refractivity contribution in [1.82, 2.24) is 4.90 Å². The van der Waals surface area contributed by atoms with Gasteiger partial charge in [-0.1, -0.05) is 11.6 Å². The molecule has 0 aliphatic carbocycles. The highest BCUT2D eigenvalue weighted by atomic mass is 35.5. The van der Waals surface area contributed by atoms with E-state index in [4.69, 9.17) is 11.6 Å². The zero-order chi connectivity index (χ0) is 16.5. The van der Waals surface area contributed by atoms with E-state index in [0.29, 0.717) is 24.5 Å². The van der Waals surface area contributed by atoms with Crippen molar-refractivity contribution in [2.24, 2.45) is 4.40 Å². The smallest absolute Gasteiger partial charge is 0.227 e. The van der Waals surface area contributed by atoms with Crippen LogP contribution in [0.5, 0.6) is 0 Å². The number of nitrogens with zero attached hydrogens (tertiary/aromatic N) is 2. The average molecular weight is 341 g/mol. The molecule has 0 aromatic heterocycles. The molecule has 0 saturated carbocycles. The summed E-state index contributed by atoms with van der Waals surface area (Å²) in [5.74, 6) is 0.101. The molecule has 1 heterocycles. The van der Waals surface area contributed by atoms with E-state index >= 15 is 0 Å². The van der Waals surface area contributed by atoms with Crippen molar-refractivity contribution in [1.29, 1.82) is 0 Å². The van der Waals surface area contributed by atoms with Crippen LogP contribution in [0.3, 0.4) is 0 Å². The second kappa shape index (κ2) is 6.50. The highest BCUT2D eigenvalue weighted by Crippen LogP contribution is 2.26. The molecule has 2 rings (SSSR count). The largest absolute Gasteiger partial charge is 0.338 e. The minimum atomic E-state index is -1.33. The summed E-state index contributed by atoms with van der Waals surface area (Å²) in [7, 11) is -1.33. The first kappa shape index (κ1) is 17.2. The van der Waals surface area contributed by atoms with Gasteiger partial charge in [0.2, 0.25) is 5.91 Å². The van der Waals surface area contributed by atoms with Crippen LogP contribution in [0, 0.1) is 0 Å². The number of amides is 1. The molecular formula is C16H21ClN2O2S. The van der Waals surface area contributed by atoms with Gasteiger partial charge >= 0.3 is 0 Å². The molecule has 0 bridgehead atoms. The van der Waals surface area contributed by atoms with Gasteiger partial charge in [0.25, 0.3) is 0 Å². The quantitative estimate of drug-likeness (QED) is 0.794. The molecule has 1 aromatic rings. The van der Waals surface area contributed by atoms with Gasteiger partial charge in [-0.25, -0.2) is 4.21 Å². The summed E-state index contributed by atoms with van der Waals surface area (Å²) in [6.07, 6.45) is 1.92. The Morgan fingerprint density at radius 2 is 2.09 bits per heavy atom. The fraction of sp³-hybridized carbons (Fsp3) is 0.500. The van der Waals surface area contributed by atoms with Crippen LogP contribution in [0.1, 0.15) is 44.4 Å². The van der Waals surface area contributed by atoms with Crippen LogP contribution in [-0.4, -0.2) is 32.5 Å². The summed E-state index contributed by atoms with van der Waals surface area (Å²) in [5, 5.41) is 0.604. The Bertz CT molecular complexity index is 650. The molecule has 1 aromatic carbocycles. The zero-order valence-corrected chi connectivity index (χ0v) is 14.9. The van der Waals surface area contributed by atoms with Crippen LogP contribution in [0.4, 0.5) is 0 Å². The first-order valence-corrected chi connectivity index (χ1v) is 8.76. The van der Waals surface area contributed by atoms with Crippen LogP contribution in [-0.2, 0) is 28.7 Å². The summed E-state index contributed by atoms with van der Waals surface area (Å²) < 4.78 is 15.8. The van der Waals surface area contributed by atoms with Crippen molar-refractivity contribution in [3.63, 3.8) is 0 Å². The Morgan fingerprint density at radius 1 is 1.41 bits per heavy atom. The van der Waals surface area contributed by atoms with Crippen molar-refractivity contribution in [2.75, 3.05) is 6.54 Å². The van der Waals surface area contributed by atoms with Gasteiger partial charge < -0.3 is 4.90 Å². The normalized spacial score (nSPS) is 17.0. The Morgan fingerprint density at radius 3 is 2.68 bits per heavy atom. The number of carbonyl (C=O) groups is 1. The summed E-state index contributed by atoms with van der Waals surface area (Å²) in [6.45, 7) is 8.82. The molecule has 6 heteroatoms. The Labute approximate surface area is 139 Å². The number of benzene rings is 1. The molecule has 120 valence electrons. The van der Waals surface area contributed by atoms with Crippen molar-refractivity contribution in [2.45, 2.75) is 45.4 Å². The molecule has 0 fully saturated rings. The molecular weight excluding hydrogens is 320 g/mol. The van der Waals surface area contributed by atoms with Crippen LogP contribution >= 0.6 is 11.6 Å². The van der Waals surface area contributed by atoms with E-state index in [1.165, 1.54) is 0 Å². The van der Waals surface area contributed by atoms with E-state index < -0.39 is 15.7 Å². The summed E-state index contributed by atoms with van der Waals surface area (Å²) >= 11 is 6.17. The van der Waals surface area contributed by atoms with E-state index in [1.807, 2.05) is 33.8 Å². The Balaban J connectivity index is 2.38. The lowest BCUT2D eigenvalue weighted by molar-refractivity contribution is -0.131. The van der Waals surface area contributed by atoms with Gasteiger partial charge in [0.1, 0.15) is 11.0 Å². The maximum absolute atomic E-state index is 12.1. The van der Waals surface area contributed by atoms with Crippen LogP contribution in [0.2, 0.25) is 5.02 Å². The van der Waals surface area contributed by atoms with E-state index in [1.54, 1.807) is 17.2 Å². The zero-order valence-electron chi connectivity index (χ0n) is 13.4. The maximum atomic E-state index is 12.1. The molecule has 0 spiro atoms. The number of hydrogen-bond acceptors (Lipinski definition) is 2. The van der Waals surface area contributed by atoms with E-state index in [0.717, 1.165) is 16.7 Å². The van der Waals surface area contributed by atoms with Gasteiger partial charge in [-0.3, -0.25) is 4.79 Å². The molecule has 22 heavy (non-hydrogen) atoms. The molecule has 1 aliphatic heterocycles. The number of likely N-dealkylation sites (N-methyl/N-ethyl adjacent to an activating group) is 1. The summed E-state index contributed by atoms with van der Waals surface area (Å²) in [6, 6.07) is 3.67. The molecule has 1 unspecified atom stereocenters. The third-order valence-corrected chi connectivity index (χ3v) is 5.14. The van der Waals surface area contributed by atoms with Crippen molar-refractivity contribution < 1.29 is 9.00 Å². The molecule has 1 amide bonds. The number of halogens is 1. The summed E-state index contributed by atoms with van der Waals surface area (Å²) in [5.41, 5.74) is 2.76. The minimum Gasteiger partial charge on any atom is -0.338 e. The predicted octanol–water partition coefficient (Wildman–Crippen LogP) is 3.13. The fourth-order valence-corrected chi connectivity index (χ4v) is 3.07. The van der Waals surface area contributed by atoms with Gasteiger partial charge in [-0.15, -0.1) is 0 Å². The van der Waals surface area contributed by atoms with E-state index in [-0.39, 0.29) is 5.91 Å². The van der Waals surface area contributed by atoms with E-state index in [2.05, 4.69) is 4.40 Å². The van der Waals surface area contributed by atoms with Gasteiger partial charge in [0.05, 0.1) is 11.2 Å². The lowest BCUT2D eigenvalue weighted by Gasteiger charge is -2.28. The predicted molar refractivity (Wildman–Crippen MR) is 91.7 cm³/mol. The van der Waals surface area contributed by atoms with Gasteiger partial charge in [0.15, 0.2) is 0 Å². The molecule has 0 saturated heterocycles. The molecule has 4 nitrogen and oxygen atoms in total. The number of fused-ring (bicyclic) bond motifs is 1. The van der Waals surface area contributed by atoms with Gasteiger partial charge in [0, 0.05) is 24.3 Å². The van der Waals surface area contributed by atoms with E-state index in [9.17, 15) is 9.00 Å². The van der Waals surface area contributed by atoms with Gasteiger partial charge in [-0.05, 0) is 56.5 Å². The second-order valence-corrected chi connectivity index (χ2v) is 8.68. The molecule has 1 aliphatic rings. The number of hydrogen-bond donors (Lipinski definition) is 0. The third kappa shape index (κ3) is 3.76. The molecule has 0 radical (unpaired) electrons. The fourth-order valence-electron chi connectivity index (χ4n) is 2.30. The standard InChI is InChI=1S/C16H21ClN2O2S/c1-5-19-10-12-7-13(17)6-11(14(12)8-15(19)20)9-18-22(21)16(2,3)4/h6-7,9H,5,8,10H2,1-4H3. The number of carbonyl (C=O) groups excluding carboxylic acids is 1. The monoisotopic (exact) mass is 340 g/mol. The third-order valence-electron chi connectivity index (χ3n) is 3.58. The maximum Gasteiger partial charge on any atom is 0.227 e. The highest BCUT2D eigenvalue weighted by Gasteiger charge is 2.24. The van der Waals surface area contributed by atoms with Crippen LogP contribution < -0.4 is 0 Å². The van der Waals surface area contributed by atoms with Gasteiger partial charge in [-0.2, -0.15) is 4.40 Å². The molecule has 0 N–H and O–H groups in total. The first-order chi connectivity index (χ1) is 10.2. The SMILES string of the molecule is CCN1Cc2cc(Cl)cc(C=NS(=O)C(C)(C)C)c2CC1=O. The van der Waals surface area contributed by atoms with Crippen LogP contribution in [0.25, 0.3) is 0 Å². The average Bonchev–Trinajstić information content (AvgIpc) is 2.43. The second-order valence-electron chi connectivity index (χ2n) is 6.31. The van der Waals surface area contributed by atoms with Crippen molar-refractivity contribution in [3.8, 4) is 0 Å².